The zero-order chi connectivity index (χ0) is 20.6. The smallest absolute Gasteiger partial charge is 0.275 e. The maximum atomic E-state index is 12.4. The van der Waals surface area contributed by atoms with Crippen molar-refractivity contribution in [2.24, 2.45) is 5.10 Å². The molecule has 0 fully saturated rings. The van der Waals surface area contributed by atoms with Crippen LogP contribution in [0.3, 0.4) is 0 Å². The Morgan fingerprint density at radius 2 is 1.72 bits per heavy atom. The number of methoxy groups -OCH3 is 1. The topological polar surface area (TPSA) is 59.9 Å². The van der Waals surface area contributed by atoms with Gasteiger partial charge in [-0.1, -0.05) is 56.1 Å². The van der Waals surface area contributed by atoms with E-state index in [1.165, 1.54) is 7.11 Å². The molecule has 0 bridgehead atoms. The molecule has 0 unspecified atom stereocenters. The van der Waals surface area contributed by atoms with E-state index in [1.807, 2.05) is 48.5 Å². The highest BCUT2D eigenvalue weighted by Crippen LogP contribution is 2.23. The summed E-state index contributed by atoms with van der Waals surface area (Å²) in [5.41, 5.74) is 4.72. The van der Waals surface area contributed by atoms with E-state index in [9.17, 15) is 4.79 Å². The van der Waals surface area contributed by atoms with Gasteiger partial charge < -0.3 is 9.47 Å². The summed E-state index contributed by atoms with van der Waals surface area (Å²) in [5, 5.41) is 4.07. The number of benzene rings is 3. The summed E-state index contributed by atoms with van der Waals surface area (Å²) in [5.74, 6) is 0.778. The van der Waals surface area contributed by atoms with Gasteiger partial charge in [-0.05, 0) is 48.0 Å². The third-order valence-electron chi connectivity index (χ3n) is 4.00. The van der Waals surface area contributed by atoms with Crippen LogP contribution < -0.4 is 14.9 Å². The van der Waals surface area contributed by atoms with Gasteiger partial charge in [0.05, 0.1) is 18.9 Å². The van der Waals surface area contributed by atoms with Crippen molar-refractivity contribution >= 4 is 44.0 Å². The summed E-state index contributed by atoms with van der Waals surface area (Å²) in [6, 6.07) is 20.6. The molecule has 0 atom stereocenters. The number of carbonyl (C=O) groups is 1. The molecule has 29 heavy (non-hydrogen) atoms. The zero-order valence-corrected chi connectivity index (χ0v) is 18.7. The maximum Gasteiger partial charge on any atom is 0.275 e. The number of halogens is 2. The normalized spacial score (nSPS) is 10.7. The molecule has 0 aromatic heterocycles. The number of hydrazone groups is 1. The highest BCUT2D eigenvalue weighted by molar-refractivity contribution is 9.10. The second-order valence-electron chi connectivity index (χ2n) is 6.00. The average molecular weight is 518 g/mol. The lowest BCUT2D eigenvalue weighted by Crippen LogP contribution is -2.18. The van der Waals surface area contributed by atoms with E-state index in [4.69, 9.17) is 9.47 Å². The fourth-order valence-electron chi connectivity index (χ4n) is 2.54. The second-order valence-corrected chi connectivity index (χ2v) is 7.83. The van der Waals surface area contributed by atoms with Gasteiger partial charge in [-0.2, -0.15) is 5.10 Å². The monoisotopic (exact) mass is 516 g/mol. The zero-order valence-electron chi connectivity index (χ0n) is 15.6. The van der Waals surface area contributed by atoms with Crippen LogP contribution in [0.15, 0.2) is 80.8 Å². The number of para-hydroxylation sites is 1. The molecule has 0 saturated heterocycles. The van der Waals surface area contributed by atoms with E-state index < -0.39 is 0 Å². The summed E-state index contributed by atoms with van der Waals surface area (Å²) < 4.78 is 12.9. The van der Waals surface area contributed by atoms with Crippen molar-refractivity contribution in [1.82, 2.24) is 5.43 Å². The lowest BCUT2D eigenvalue weighted by atomic mass is 10.2. The Kier molecular flexibility index (Phi) is 7.43. The van der Waals surface area contributed by atoms with E-state index in [-0.39, 0.29) is 5.91 Å². The van der Waals surface area contributed by atoms with Crippen LogP contribution in [0.2, 0.25) is 0 Å². The van der Waals surface area contributed by atoms with Crippen molar-refractivity contribution in [3.8, 4) is 11.5 Å². The van der Waals surface area contributed by atoms with Gasteiger partial charge in [0.25, 0.3) is 5.91 Å². The highest BCUT2D eigenvalue weighted by Gasteiger charge is 2.12. The number of nitrogens with one attached hydrogen (secondary N) is 1. The van der Waals surface area contributed by atoms with Crippen LogP contribution in [0.5, 0.6) is 11.5 Å². The predicted octanol–water partition coefficient (Wildman–Crippen LogP) is 5.56. The molecule has 0 aliphatic heterocycles. The molecule has 3 aromatic carbocycles. The van der Waals surface area contributed by atoms with Gasteiger partial charge >= 0.3 is 0 Å². The van der Waals surface area contributed by atoms with Crippen LogP contribution >= 0.6 is 31.9 Å². The Bertz CT molecular complexity index is 1020. The summed E-state index contributed by atoms with van der Waals surface area (Å²) in [7, 11) is 1.52. The summed E-state index contributed by atoms with van der Waals surface area (Å²) >= 11 is 6.78. The lowest BCUT2D eigenvalue weighted by Gasteiger charge is -2.09. The van der Waals surface area contributed by atoms with Crippen LogP contribution in [-0.2, 0) is 6.61 Å². The minimum atomic E-state index is -0.368. The van der Waals surface area contributed by atoms with Crippen LogP contribution in [-0.4, -0.2) is 19.2 Å². The molecule has 0 saturated carbocycles. The first kappa shape index (κ1) is 21.1. The molecule has 0 spiro atoms. The number of nitrogens with zero attached hydrogens (tertiary/aromatic N) is 1. The molecule has 0 aliphatic rings. The van der Waals surface area contributed by atoms with Crippen molar-refractivity contribution in [1.29, 1.82) is 0 Å². The third-order valence-corrected chi connectivity index (χ3v) is 5.02. The van der Waals surface area contributed by atoms with Crippen molar-refractivity contribution in [2.45, 2.75) is 6.61 Å². The van der Waals surface area contributed by atoms with E-state index in [0.29, 0.717) is 23.7 Å². The fourth-order valence-corrected chi connectivity index (χ4v) is 3.16. The lowest BCUT2D eigenvalue weighted by molar-refractivity contribution is 0.0952. The molecule has 1 N–H and O–H groups in total. The molecule has 3 rings (SSSR count). The van der Waals surface area contributed by atoms with Crippen molar-refractivity contribution in [3.05, 3.63) is 92.4 Å². The van der Waals surface area contributed by atoms with Gasteiger partial charge in [0, 0.05) is 14.5 Å². The Morgan fingerprint density at radius 3 is 2.48 bits per heavy atom. The standard InChI is InChI=1S/C22H18Br2N2O3/c1-28-21-11-10-18(24)12-19(21)22(27)26-25-13-16-4-2-3-5-20(16)29-14-15-6-8-17(23)9-7-15/h2-13H,14H2,1H3,(H,26,27)/b25-13+. The van der Waals surface area contributed by atoms with E-state index in [0.717, 1.165) is 20.1 Å². The van der Waals surface area contributed by atoms with Gasteiger partial charge in [0.1, 0.15) is 18.1 Å². The molecule has 0 radical (unpaired) electrons. The summed E-state index contributed by atoms with van der Waals surface area (Å²) in [6.07, 6.45) is 1.55. The van der Waals surface area contributed by atoms with Gasteiger partial charge in [-0.15, -0.1) is 0 Å². The molecule has 0 heterocycles. The third kappa shape index (κ3) is 5.92. The second kappa shape index (κ2) is 10.2. The number of hydrogen-bond donors (Lipinski definition) is 1. The molecule has 7 heteroatoms. The number of ether oxygens (including phenoxy) is 2. The number of hydrogen-bond acceptors (Lipinski definition) is 4. The first-order valence-corrected chi connectivity index (χ1v) is 10.3. The molecule has 3 aromatic rings. The molecule has 5 nitrogen and oxygen atoms in total. The predicted molar refractivity (Wildman–Crippen MR) is 121 cm³/mol. The minimum Gasteiger partial charge on any atom is -0.496 e. The van der Waals surface area contributed by atoms with Crippen LogP contribution in [0, 0.1) is 0 Å². The average Bonchev–Trinajstić information content (AvgIpc) is 2.74. The largest absolute Gasteiger partial charge is 0.496 e. The Hall–Kier alpha value is -2.64. The quantitative estimate of drug-likeness (QED) is 0.329. The summed E-state index contributed by atoms with van der Waals surface area (Å²) in [6.45, 7) is 0.430. The van der Waals surface area contributed by atoms with Crippen LogP contribution in [0.1, 0.15) is 21.5 Å². The summed E-state index contributed by atoms with van der Waals surface area (Å²) in [4.78, 5) is 12.4. The van der Waals surface area contributed by atoms with Crippen LogP contribution in [0.4, 0.5) is 0 Å². The van der Waals surface area contributed by atoms with Crippen molar-refractivity contribution < 1.29 is 14.3 Å². The first-order valence-electron chi connectivity index (χ1n) is 8.70. The van der Waals surface area contributed by atoms with Crippen molar-refractivity contribution in [3.63, 3.8) is 0 Å². The molecular weight excluding hydrogens is 500 g/mol. The highest BCUT2D eigenvalue weighted by atomic mass is 79.9. The maximum absolute atomic E-state index is 12.4. The number of amides is 1. The van der Waals surface area contributed by atoms with Crippen LogP contribution in [0.25, 0.3) is 0 Å². The first-order chi connectivity index (χ1) is 14.1. The Morgan fingerprint density at radius 1 is 1.00 bits per heavy atom. The van der Waals surface area contributed by atoms with Crippen molar-refractivity contribution in [2.75, 3.05) is 7.11 Å². The molecule has 0 aliphatic carbocycles. The van der Waals surface area contributed by atoms with Gasteiger partial charge in [0.15, 0.2) is 0 Å². The Balaban J connectivity index is 1.67. The van der Waals surface area contributed by atoms with E-state index >= 15 is 0 Å². The van der Waals surface area contributed by atoms with E-state index in [1.54, 1.807) is 24.4 Å². The molecule has 148 valence electrons. The van der Waals surface area contributed by atoms with Gasteiger partial charge in [0.2, 0.25) is 0 Å². The minimum absolute atomic E-state index is 0.368. The fraction of sp³-hybridized carbons (Fsp3) is 0.0909. The van der Waals surface area contributed by atoms with E-state index in [2.05, 4.69) is 42.4 Å². The SMILES string of the molecule is COc1ccc(Br)cc1C(=O)N/N=C/c1ccccc1OCc1ccc(Br)cc1. The van der Waals surface area contributed by atoms with Gasteiger partial charge in [-0.3, -0.25) is 4.79 Å². The Labute approximate surface area is 186 Å². The van der Waals surface area contributed by atoms with Gasteiger partial charge in [-0.25, -0.2) is 5.43 Å². The number of carbonyl (C=O) groups excluding carboxylic acids is 1. The molecule has 1 amide bonds. The molecular formula is C22H18Br2N2O3. The number of rotatable bonds is 7.